The van der Waals surface area contributed by atoms with Crippen molar-refractivity contribution in [2.75, 3.05) is 28.3 Å². The van der Waals surface area contributed by atoms with E-state index >= 15 is 0 Å². The van der Waals surface area contributed by atoms with Crippen molar-refractivity contribution in [3.63, 3.8) is 0 Å². The van der Waals surface area contributed by atoms with E-state index < -0.39 is 106 Å². The fourth-order valence-corrected chi connectivity index (χ4v) is 19.4. The Morgan fingerprint density at radius 1 is 0.277 bits per heavy atom. The summed E-state index contributed by atoms with van der Waals surface area (Å²) >= 11 is 11.6. The Labute approximate surface area is 799 Å². The molecule has 12 N–H and O–H groups in total. The molecule has 15 aromatic carbocycles. The zero-order valence-electron chi connectivity index (χ0n) is 74.1. The van der Waals surface area contributed by atoms with Crippen LogP contribution in [0, 0.1) is 33.4 Å². The van der Waals surface area contributed by atoms with Gasteiger partial charge in [-0.05, 0) is 211 Å². The highest BCUT2D eigenvalue weighted by atomic mass is 35.5. The molecule has 0 atom stereocenters. The normalized spacial score (nSPS) is 11.8. The molecule has 0 spiro atoms. The van der Waals surface area contributed by atoms with E-state index in [9.17, 15) is 93.5 Å². The van der Waals surface area contributed by atoms with Crippen molar-refractivity contribution in [1.82, 2.24) is 0 Å². The molecule has 15 aromatic rings. The van der Waals surface area contributed by atoms with Crippen LogP contribution in [0.3, 0.4) is 0 Å². The average Bonchev–Trinajstić information content (AvgIpc) is 0.780. The van der Waals surface area contributed by atoms with Crippen LogP contribution in [0.5, 0.6) is 34.5 Å². The quantitative estimate of drug-likeness (QED) is 0.0146. The number of sulfonamides is 6. The van der Waals surface area contributed by atoms with Gasteiger partial charge < -0.3 is 30.6 Å². The molecule has 0 aromatic heterocycles. The van der Waals surface area contributed by atoms with Crippen molar-refractivity contribution in [3.8, 4) is 45.6 Å². The number of nitro groups is 1. The molecule has 0 unspecified atom stereocenters. The Hall–Kier alpha value is -14.2. The first-order valence-electron chi connectivity index (χ1n) is 40.7. The number of halogens is 6. The highest BCUT2D eigenvalue weighted by Gasteiger charge is 2.27. The number of rotatable bonds is 20. The Morgan fingerprint density at radius 2 is 0.562 bits per heavy atom. The van der Waals surface area contributed by atoms with Gasteiger partial charge in [-0.2, -0.15) is 0 Å². The topological polar surface area (TPSA) is 442 Å². The molecule has 39 heteroatoms. The van der Waals surface area contributed by atoms with Gasteiger partial charge in [-0.1, -0.05) is 225 Å². The summed E-state index contributed by atoms with van der Waals surface area (Å²) in [5, 5.41) is 69.6. The molecule has 0 fully saturated rings. The van der Waals surface area contributed by atoms with Gasteiger partial charge in [0, 0.05) is 30.3 Å². The molecule has 0 heterocycles. The minimum atomic E-state index is -3.92. The number of hydrogen-bond donors (Lipinski definition) is 12. The van der Waals surface area contributed by atoms with Gasteiger partial charge in [-0.3, -0.25) is 38.4 Å². The maximum atomic E-state index is 13.7. The second-order valence-corrected chi connectivity index (χ2v) is 44.2. The predicted molar refractivity (Wildman–Crippen MR) is 525 cm³/mol. The predicted octanol–water partition coefficient (Wildman–Crippen LogP) is 22.8. The van der Waals surface area contributed by atoms with Gasteiger partial charge in [-0.15, -0.1) is 0 Å². The van der Waals surface area contributed by atoms with Crippen molar-refractivity contribution in [2.45, 2.75) is 108 Å². The standard InChI is InChI=1S/C18H14FNO3S.C16H17Cl2NO3S.C16H12FNO3S.2C16H18FNO3S.C16H12N2O5S/c19-17-12-15(21)8-11-18(17)20-24(22,23)16-9-6-14(7-10-16)13-4-2-1-3-5-13;1-16(2,3)10-4-6-12(7-5-10)23(21,22)19-11-8-13(17)15(20)14(18)9-11;17-15-10-13(19)6-8-16(15)18-22(20,21)14-7-5-11-3-1-2-4-12(11)9-14;1-16(2,3)11-4-7-13(8-5-11)22(20,21)18-15-9-6-12(19)10-14(15)17;1-16(2,3)11-4-7-13(8-5-11)22(20,21)18-12-6-9-15(19)14(17)10-12;19-16-8-6-13(10-15(16)18(20)21)17-24(22,23)14-7-5-11-3-1-2-4-12(11)9-14/h1-12,20-21H;4-9,19-20H,1-3H3;1-10,18-19H;2*4-10,18-19H,1-3H3;1-10,17,19H. The third kappa shape index (κ3) is 28.7. The molecule has 0 aliphatic carbocycles. The molecule has 0 saturated heterocycles. The second kappa shape index (κ2) is 43.2. The van der Waals surface area contributed by atoms with Gasteiger partial charge in [0.1, 0.15) is 17.2 Å². The molecule has 0 bridgehead atoms. The van der Waals surface area contributed by atoms with Crippen LogP contribution >= 0.6 is 23.2 Å². The highest BCUT2D eigenvalue weighted by molar-refractivity contribution is 7.94. The summed E-state index contributed by atoms with van der Waals surface area (Å²) in [7, 11) is -23.2. The second-order valence-electron chi connectivity index (χ2n) is 33.3. The zero-order valence-corrected chi connectivity index (χ0v) is 80.5. The number of phenols is 6. The molecule has 0 saturated carbocycles. The zero-order chi connectivity index (χ0) is 101. The lowest BCUT2D eigenvalue weighted by Gasteiger charge is -2.19. The van der Waals surface area contributed by atoms with Crippen LogP contribution in [0.1, 0.15) is 79.0 Å². The Bertz CT molecular complexity index is 7670. The molecular formula is C98H91Cl2F4N7O20S6. The van der Waals surface area contributed by atoms with Crippen LogP contribution < -0.4 is 28.3 Å². The van der Waals surface area contributed by atoms with E-state index in [1.54, 1.807) is 91.0 Å². The molecule has 0 aliphatic heterocycles. The number of fused-ring (bicyclic) bond motifs is 2. The lowest BCUT2D eigenvalue weighted by Crippen LogP contribution is -2.15. The molecule has 137 heavy (non-hydrogen) atoms. The summed E-state index contributed by atoms with van der Waals surface area (Å²) in [6.45, 7) is 18.3. The lowest BCUT2D eigenvalue weighted by atomic mass is 9.87. The first kappa shape index (κ1) is 105. The third-order valence-corrected chi connectivity index (χ3v) is 28.8. The van der Waals surface area contributed by atoms with Gasteiger partial charge in [0.25, 0.3) is 60.1 Å². The minimum Gasteiger partial charge on any atom is -0.508 e. The number of nitrogens with zero attached hydrogens (tertiary/aromatic N) is 1. The van der Waals surface area contributed by atoms with Crippen molar-refractivity contribution in [1.29, 1.82) is 0 Å². The summed E-state index contributed by atoms with van der Waals surface area (Å²) in [5.74, 6) is -5.58. The first-order chi connectivity index (χ1) is 64.0. The van der Waals surface area contributed by atoms with Crippen LogP contribution in [-0.4, -0.2) is 86.1 Å². The molecule has 0 aliphatic rings. The van der Waals surface area contributed by atoms with Gasteiger partial charge >= 0.3 is 5.69 Å². The molecule has 27 nitrogen and oxygen atoms in total. The number of benzene rings is 15. The van der Waals surface area contributed by atoms with Crippen LogP contribution in [-0.2, 0) is 76.4 Å². The number of aromatic hydroxyl groups is 6. The Morgan fingerprint density at radius 3 is 0.898 bits per heavy atom. The van der Waals surface area contributed by atoms with Crippen LogP contribution in [0.4, 0.5) is 57.4 Å². The Kier molecular flexibility index (Phi) is 33.1. The molecule has 716 valence electrons. The van der Waals surface area contributed by atoms with Gasteiger partial charge in [0.2, 0.25) is 0 Å². The van der Waals surface area contributed by atoms with Crippen molar-refractivity contribution >= 4 is 145 Å². The molecule has 0 radical (unpaired) electrons. The fraction of sp³-hybridized carbons (Fsp3) is 0.122. The smallest absolute Gasteiger partial charge is 0.312 e. The number of nitrogens with one attached hydrogen (secondary N) is 6. The summed E-state index contributed by atoms with van der Waals surface area (Å²) in [5.41, 5.74) is 3.68. The number of hydrogen-bond acceptors (Lipinski definition) is 20. The summed E-state index contributed by atoms with van der Waals surface area (Å²) < 4.78 is 216. The SMILES string of the molecule is CC(C)(C)c1ccc(S(=O)(=O)Nc2cc(Cl)c(O)c(Cl)c2)cc1.CC(C)(C)c1ccc(S(=O)(=O)Nc2ccc(O)c(F)c2)cc1.CC(C)(C)c1ccc(S(=O)(=O)Nc2ccc(O)cc2F)cc1.O=S(=O)(Nc1ccc(O)cc1F)c1ccc(-c2ccccc2)cc1.O=S(=O)(Nc1ccc(O)cc1F)c1ccc2ccccc2c1.O=[N+]([O-])c1cc(NS(=O)(=O)c2ccc3ccccc3c2)ccc1O. The number of phenolic OH excluding ortho intramolecular Hbond substituents is 6. The van der Waals surface area contributed by atoms with Gasteiger partial charge in [0.05, 0.1) is 78.5 Å². The van der Waals surface area contributed by atoms with E-state index in [0.717, 1.165) is 91.8 Å². The van der Waals surface area contributed by atoms with E-state index in [4.69, 9.17) is 38.5 Å². The van der Waals surface area contributed by atoms with E-state index in [0.29, 0.717) is 0 Å². The van der Waals surface area contributed by atoms with E-state index in [-0.39, 0.29) is 113 Å². The summed E-state index contributed by atoms with van der Waals surface area (Å²) in [6.07, 6.45) is 0. The van der Waals surface area contributed by atoms with Gasteiger partial charge in [-0.25, -0.2) is 68.1 Å². The molecule has 15 rings (SSSR count). The van der Waals surface area contributed by atoms with Crippen molar-refractivity contribution in [3.05, 3.63) is 376 Å². The highest BCUT2D eigenvalue weighted by Crippen LogP contribution is 2.38. The third-order valence-electron chi connectivity index (χ3n) is 19.9. The Balaban J connectivity index is 0.000000170. The van der Waals surface area contributed by atoms with E-state index in [1.165, 1.54) is 121 Å². The minimum absolute atomic E-state index is 0.00680. The maximum absolute atomic E-state index is 13.7. The average molecular weight is 2030 g/mol. The first-order valence-corrected chi connectivity index (χ1v) is 50.3. The van der Waals surface area contributed by atoms with Crippen LogP contribution in [0.25, 0.3) is 32.7 Å². The largest absolute Gasteiger partial charge is 0.508 e. The lowest BCUT2D eigenvalue weighted by molar-refractivity contribution is -0.385. The van der Waals surface area contributed by atoms with Crippen molar-refractivity contribution in [2.24, 2.45) is 0 Å². The number of anilines is 6. The fourth-order valence-electron chi connectivity index (χ4n) is 12.5. The number of nitro benzene ring substituents is 1. The van der Waals surface area contributed by atoms with Gasteiger partial charge in [0.15, 0.2) is 40.5 Å². The maximum Gasteiger partial charge on any atom is 0.312 e. The summed E-state index contributed by atoms with van der Waals surface area (Å²) in [6, 6.07) is 78.4. The molecular weight excluding hydrogens is 1930 g/mol. The molecule has 0 amide bonds. The van der Waals surface area contributed by atoms with Crippen LogP contribution in [0.15, 0.2) is 345 Å². The van der Waals surface area contributed by atoms with E-state index in [2.05, 4.69) is 49.1 Å². The van der Waals surface area contributed by atoms with Crippen molar-refractivity contribution < 1.29 is 104 Å². The van der Waals surface area contributed by atoms with Crippen LogP contribution in [0.2, 0.25) is 10.0 Å². The van der Waals surface area contributed by atoms with E-state index in [1.807, 2.05) is 102 Å². The summed E-state index contributed by atoms with van der Waals surface area (Å²) in [4.78, 5) is 10.4. The monoisotopic (exact) mass is 2020 g/mol.